The van der Waals surface area contributed by atoms with Crippen LogP contribution in [0.4, 0.5) is 0 Å². The van der Waals surface area contributed by atoms with Crippen LogP contribution in [0, 0.1) is 0 Å². The molecule has 12 aromatic carbocycles. The minimum atomic E-state index is 0.911. The molecule has 0 saturated heterocycles. The van der Waals surface area contributed by atoms with Crippen LogP contribution >= 0.6 is 0 Å². The van der Waals surface area contributed by atoms with Gasteiger partial charge in [0, 0.05) is 52.0 Å². The Hall–Kier alpha value is -11.1. The van der Waals surface area contributed by atoms with Gasteiger partial charge in [0.05, 0.1) is 17.1 Å². The second-order valence-electron chi connectivity index (χ2n) is 21.4. The Bertz CT molecular complexity index is 4720. The lowest BCUT2D eigenvalue weighted by Gasteiger charge is -2.20. The van der Waals surface area contributed by atoms with Crippen LogP contribution in [-0.2, 0) is 0 Å². The number of benzene rings is 12. The Morgan fingerprint density at radius 2 is 0.500 bits per heavy atom. The Morgan fingerprint density at radius 1 is 0.143 bits per heavy atom. The molecule has 3 aromatic heterocycles. The maximum Gasteiger partial charge on any atom is 0.0708 e. The summed E-state index contributed by atoms with van der Waals surface area (Å²) >= 11 is 0. The van der Waals surface area contributed by atoms with Crippen molar-refractivity contribution in [1.29, 1.82) is 0 Å². The number of aromatic nitrogens is 3. The number of fused-ring (bicyclic) bond motifs is 6. The van der Waals surface area contributed by atoms with Gasteiger partial charge in [0.25, 0.3) is 0 Å². The van der Waals surface area contributed by atoms with Gasteiger partial charge in [-0.15, -0.1) is 0 Å². The molecule has 84 heavy (non-hydrogen) atoms. The minimum Gasteiger partial charge on any atom is -0.256 e. The average Bonchev–Trinajstić information content (AvgIpc) is 3.13. The Morgan fingerprint density at radius 3 is 0.964 bits per heavy atom. The highest BCUT2D eigenvalue weighted by atomic mass is 14.7. The molecular formula is C81H53N3. The third-order valence-corrected chi connectivity index (χ3v) is 16.5. The lowest BCUT2D eigenvalue weighted by Crippen LogP contribution is -1.96. The number of hydrogen-bond donors (Lipinski definition) is 0. The topological polar surface area (TPSA) is 38.7 Å². The number of hydrogen-bond acceptors (Lipinski definition) is 3. The molecule has 0 saturated carbocycles. The molecule has 0 spiro atoms. The van der Waals surface area contributed by atoms with Crippen LogP contribution in [0.5, 0.6) is 0 Å². The first-order valence-electron chi connectivity index (χ1n) is 28.6. The molecule has 3 nitrogen and oxygen atoms in total. The van der Waals surface area contributed by atoms with Crippen molar-refractivity contribution >= 4 is 32.3 Å². The zero-order valence-electron chi connectivity index (χ0n) is 45.9. The third kappa shape index (κ3) is 9.40. The van der Waals surface area contributed by atoms with E-state index in [0.717, 1.165) is 123 Å². The molecule has 0 aliphatic heterocycles. The van der Waals surface area contributed by atoms with E-state index >= 15 is 0 Å². The second kappa shape index (κ2) is 21.7. The molecule has 0 N–H and O–H groups in total. The molecular weight excluding hydrogens is 1010 g/mol. The summed E-state index contributed by atoms with van der Waals surface area (Å²) in [7, 11) is 0. The van der Waals surface area contributed by atoms with Crippen LogP contribution in [0.25, 0.3) is 155 Å². The average molecular weight is 1070 g/mol. The molecule has 3 heterocycles. The van der Waals surface area contributed by atoms with E-state index in [2.05, 4.69) is 297 Å². The molecule has 15 aromatic rings. The van der Waals surface area contributed by atoms with Crippen molar-refractivity contribution < 1.29 is 0 Å². The fourth-order valence-electron chi connectivity index (χ4n) is 12.3. The van der Waals surface area contributed by atoms with Crippen molar-refractivity contribution in [2.45, 2.75) is 0 Å². The molecule has 0 fully saturated rings. The van der Waals surface area contributed by atoms with Crippen molar-refractivity contribution in [1.82, 2.24) is 15.0 Å². The molecule has 15 rings (SSSR count). The van der Waals surface area contributed by atoms with E-state index in [0.29, 0.717) is 0 Å². The highest BCUT2D eigenvalue weighted by molar-refractivity contribution is 6.26. The molecule has 0 unspecified atom stereocenters. The normalized spacial score (nSPS) is 11.3. The van der Waals surface area contributed by atoms with E-state index < -0.39 is 0 Å². The van der Waals surface area contributed by atoms with Gasteiger partial charge in [-0.05, 0) is 153 Å². The predicted molar refractivity (Wildman–Crippen MR) is 352 cm³/mol. The molecule has 0 aliphatic rings. The summed E-state index contributed by atoms with van der Waals surface area (Å²) in [6.45, 7) is 0. The van der Waals surface area contributed by atoms with Gasteiger partial charge in [-0.3, -0.25) is 15.0 Å². The van der Waals surface area contributed by atoms with E-state index in [9.17, 15) is 0 Å². The van der Waals surface area contributed by atoms with E-state index in [4.69, 9.17) is 15.0 Å². The molecule has 0 atom stereocenters. The smallest absolute Gasteiger partial charge is 0.0708 e. The van der Waals surface area contributed by atoms with Gasteiger partial charge in [-0.25, -0.2) is 0 Å². The fraction of sp³-hybridized carbons (Fsp3) is 0. The van der Waals surface area contributed by atoms with Crippen molar-refractivity contribution in [3.05, 3.63) is 322 Å². The van der Waals surface area contributed by atoms with E-state index in [1.165, 1.54) is 32.3 Å². The SMILES string of the molecule is c1ccc(-c2ccc(-c3cc(-c4ccccc4-c4ccc(-c5ccccc5)nc4)cc(-c4ccccc4-c4ccc(-c5ccccc5)nc4)c3)c(-c3cnc(-c4ccccc4)cc3-c3ccc4c5ccccc5c5ccccc5c4c3)c2)cc1. The summed E-state index contributed by atoms with van der Waals surface area (Å²) in [5.41, 5.74) is 23.4. The van der Waals surface area contributed by atoms with Crippen molar-refractivity contribution in [3.63, 3.8) is 0 Å². The summed E-state index contributed by atoms with van der Waals surface area (Å²) in [4.78, 5) is 15.4. The van der Waals surface area contributed by atoms with Gasteiger partial charge in [0.2, 0.25) is 0 Å². The van der Waals surface area contributed by atoms with Gasteiger partial charge in [-0.2, -0.15) is 0 Å². The summed E-state index contributed by atoms with van der Waals surface area (Å²) < 4.78 is 0. The Kier molecular flexibility index (Phi) is 12.9. The summed E-state index contributed by atoms with van der Waals surface area (Å²) in [6.07, 6.45) is 6.14. The van der Waals surface area contributed by atoms with Crippen LogP contribution in [0.15, 0.2) is 322 Å². The number of nitrogens with zero attached hydrogens (tertiary/aromatic N) is 3. The van der Waals surface area contributed by atoms with Crippen molar-refractivity contribution in [2.75, 3.05) is 0 Å². The fourth-order valence-corrected chi connectivity index (χ4v) is 12.3. The van der Waals surface area contributed by atoms with Crippen LogP contribution in [0.1, 0.15) is 0 Å². The van der Waals surface area contributed by atoms with Gasteiger partial charge >= 0.3 is 0 Å². The minimum absolute atomic E-state index is 0.911. The molecule has 0 aliphatic carbocycles. The molecule has 0 radical (unpaired) electrons. The standard InChI is InChI=1S/C81H53N3/c1-5-21-54(22-6-1)58-37-41-69(76(48-58)78-53-84-81(57-27-11-4-12-28-57)50-75(78)59-38-42-74-72-35-18-17-33-70(72)71-34-19-20-36-73(71)77(74)49-59)64-46-62(67-31-15-13-29-65(67)60-39-43-79(82-51-60)55-23-7-2-8-24-55)45-63(47-64)68-32-16-14-30-66(68)61-40-44-80(83-52-61)56-25-9-3-10-26-56/h1-53H. The van der Waals surface area contributed by atoms with Crippen LogP contribution in [0.3, 0.4) is 0 Å². The van der Waals surface area contributed by atoms with Gasteiger partial charge in [0.15, 0.2) is 0 Å². The molecule has 0 bridgehead atoms. The lowest BCUT2D eigenvalue weighted by molar-refractivity contribution is 1.32. The highest BCUT2D eigenvalue weighted by Crippen LogP contribution is 2.47. The van der Waals surface area contributed by atoms with Crippen LogP contribution in [0.2, 0.25) is 0 Å². The first-order chi connectivity index (χ1) is 41.6. The van der Waals surface area contributed by atoms with E-state index in [1.54, 1.807) is 0 Å². The van der Waals surface area contributed by atoms with E-state index in [-0.39, 0.29) is 0 Å². The maximum atomic E-state index is 5.36. The van der Waals surface area contributed by atoms with Crippen LogP contribution < -0.4 is 0 Å². The second-order valence-corrected chi connectivity index (χ2v) is 21.4. The zero-order valence-corrected chi connectivity index (χ0v) is 45.9. The number of pyridine rings is 3. The first-order valence-corrected chi connectivity index (χ1v) is 28.6. The molecule has 3 heteroatoms. The van der Waals surface area contributed by atoms with E-state index in [1.807, 2.05) is 24.5 Å². The van der Waals surface area contributed by atoms with Gasteiger partial charge in [-0.1, -0.05) is 255 Å². The first kappa shape index (κ1) is 49.9. The van der Waals surface area contributed by atoms with Gasteiger partial charge < -0.3 is 0 Å². The maximum absolute atomic E-state index is 5.36. The summed E-state index contributed by atoms with van der Waals surface area (Å²) in [5.74, 6) is 0. The van der Waals surface area contributed by atoms with Crippen molar-refractivity contribution in [3.8, 4) is 123 Å². The third-order valence-electron chi connectivity index (χ3n) is 16.5. The highest BCUT2D eigenvalue weighted by Gasteiger charge is 2.21. The molecule has 0 amide bonds. The molecule has 392 valence electrons. The largest absolute Gasteiger partial charge is 0.256 e. The summed E-state index contributed by atoms with van der Waals surface area (Å²) in [6, 6.07) is 109. The van der Waals surface area contributed by atoms with Crippen molar-refractivity contribution in [2.24, 2.45) is 0 Å². The Balaban J connectivity index is 0.971. The quantitative estimate of drug-likeness (QED) is 0.121. The van der Waals surface area contributed by atoms with Gasteiger partial charge in [0.1, 0.15) is 0 Å². The monoisotopic (exact) mass is 1070 g/mol. The lowest BCUT2D eigenvalue weighted by atomic mass is 9.84. The Labute approximate surface area is 489 Å². The number of rotatable bonds is 11. The predicted octanol–water partition coefficient (Wildman–Crippen LogP) is 21.7. The zero-order chi connectivity index (χ0) is 55.8. The summed E-state index contributed by atoms with van der Waals surface area (Å²) in [5, 5.41) is 7.43. The van der Waals surface area contributed by atoms with Crippen LogP contribution in [-0.4, -0.2) is 15.0 Å².